The summed E-state index contributed by atoms with van der Waals surface area (Å²) in [5.41, 5.74) is 1.16. The van der Waals surface area contributed by atoms with Crippen LogP contribution in [0.2, 0.25) is 0 Å². The maximum atomic E-state index is 4.71. The zero-order chi connectivity index (χ0) is 5.82. The van der Waals surface area contributed by atoms with Crippen molar-refractivity contribution in [2.24, 2.45) is 0 Å². The third kappa shape index (κ3) is 1.27. The van der Waals surface area contributed by atoms with Crippen LogP contribution in [0, 0.1) is 6.42 Å². The second kappa shape index (κ2) is 2.78. The van der Waals surface area contributed by atoms with Gasteiger partial charge < -0.3 is 0 Å². The van der Waals surface area contributed by atoms with E-state index in [9.17, 15) is 0 Å². The van der Waals surface area contributed by atoms with E-state index in [4.69, 9.17) is 12.2 Å². The van der Waals surface area contributed by atoms with E-state index in [-0.39, 0.29) is 0 Å². The average molecular weight is 123 g/mol. The molecule has 1 radical (unpaired) electrons. The maximum absolute atomic E-state index is 4.71. The molecule has 0 amide bonds. The highest BCUT2D eigenvalue weighted by atomic mass is 32.1. The maximum Gasteiger partial charge on any atom is 0.00487 e. The van der Waals surface area contributed by atoms with Gasteiger partial charge in [0, 0.05) is 5.37 Å². The van der Waals surface area contributed by atoms with Crippen LogP contribution in [-0.4, -0.2) is 5.37 Å². The van der Waals surface area contributed by atoms with Gasteiger partial charge in [-0.2, -0.15) is 0 Å². The van der Waals surface area contributed by atoms with Crippen molar-refractivity contribution >= 4 is 17.6 Å². The molecule has 0 atom stereocenters. The van der Waals surface area contributed by atoms with Crippen LogP contribution < -0.4 is 0 Å². The molecule has 0 aliphatic heterocycles. The molecule has 1 rings (SSSR count). The smallest absolute Gasteiger partial charge is 0.00487 e. The van der Waals surface area contributed by atoms with E-state index in [1.807, 2.05) is 12.2 Å². The molecule has 1 aliphatic rings. The third-order valence-electron chi connectivity index (χ3n) is 1.05. The number of hydrogen-bond acceptors (Lipinski definition) is 1. The Labute approximate surface area is 54.9 Å². The fourth-order valence-electron chi connectivity index (χ4n) is 0.617. The van der Waals surface area contributed by atoms with E-state index >= 15 is 0 Å². The number of hydrogen-bond donors (Lipinski definition) is 0. The normalized spacial score (nSPS) is 17.8. The van der Waals surface area contributed by atoms with Crippen LogP contribution in [0.3, 0.4) is 0 Å². The Morgan fingerprint density at radius 3 is 2.88 bits per heavy atom. The van der Waals surface area contributed by atoms with Crippen LogP contribution >= 0.6 is 12.2 Å². The standard InChI is InChI=1S/C7H7S/c8-6-7-4-2-1-3-5-7/h1-2,4-6H,3H2. The summed E-state index contributed by atoms with van der Waals surface area (Å²) in [6, 6.07) is 0. The minimum Gasteiger partial charge on any atom is -0.0884 e. The highest BCUT2D eigenvalue weighted by molar-refractivity contribution is 7.79. The van der Waals surface area contributed by atoms with Crippen LogP contribution in [-0.2, 0) is 0 Å². The van der Waals surface area contributed by atoms with Gasteiger partial charge in [-0.25, -0.2) is 0 Å². The Hall–Kier alpha value is -0.430. The highest BCUT2D eigenvalue weighted by Gasteiger charge is 1.92. The van der Waals surface area contributed by atoms with Crippen molar-refractivity contribution in [2.75, 3.05) is 0 Å². The molecule has 0 N–H and O–H groups in total. The van der Waals surface area contributed by atoms with Gasteiger partial charge in [0.25, 0.3) is 0 Å². The van der Waals surface area contributed by atoms with E-state index in [1.54, 1.807) is 5.37 Å². The second-order valence-electron chi connectivity index (χ2n) is 1.65. The van der Waals surface area contributed by atoms with E-state index < -0.39 is 0 Å². The van der Waals surface area contributed by atoms with Crippen molar-refractivity contribution in [3.8, 4) is 0 Å². The Morgan fingerprint density at radius 2 is 2.50 bits per heavy atom. The van der Waals surface area contributed by atoms with Crippen molar-refractivity contribution in [3.63, 3.8) is 0 Å². The number of thiocarbonyl (C=S) groups is 1. The molecule has 0 saturated heterocycles. The lowest BCUT2D eigenvalue weighted by Gasteiger charge is -1.98. The van der Waals surface area contributed by atoms with Crippen molar-refractivity contribution in [1.29, 1.82) is 0 Å². The Morgan fingerprint density at radius 1 is 1.62 bits per heavy atom. The minimum absolute atomic E-state index is 1.03. The van der Waals surface area contributed by atoms with E-state index in [0.29, 0.717) is 0 Å². The van der Waals surface area contributed by atoms with Crippen molar-refractivity contribution in [1.82, 2.24) is 0 Å². The summed E-state index contributed by atoms with van der Waals surface area (Å²) in [5.74, 6) is 0. The summed E-state index contributed by atoms with van der Waals surface area (Å²) in [7, 11) is 0. The van der Waals surface area contributed by atoms with E-state index in [0.717, 1.165) is 12.0 Å². The second-order valence-corrected chi connectivity index (χ2v) is 1.89. The molecule has 1 heteroatoms. The minimum atomic E-state index is 1.03. The van der Waals surface area contributed by atoms with E-state index in [2.05, 4.69) is 12.5 Å². The number of rotatable bonds is 1. The van der Waals surface area contributed by atoms with Crippen molar-refractivity contribution in [2.45, 2.75) is 6.42 Å². The molecule has 8 heavy (non-hydrogen) atoms. The molecular weight excluding hydrogens is 116 g/mol. The van der Waals surface area contributed by atoms with Gasteiger partial charge in [-0.15, -0.1) is 0 Å². The summed E-state index contributed by atoms with van der Waals surface area (Å²) in [5, 5.41) is 1.70. The van der Waals surface area contributed by atoms with Gasteiger partial charge in [-0.05, 0) is 18.4 Å². The first-order chi connectivity index (χ1) is 3.93. The summed E-state index contributed by atoms with van der Waals surface area (Å²) < 4.78 is 0. The first-order valence-electron chi connectivity index (χ1n) is 2.58. The molecule has 0 aromatic carbocycles. The first kappa shape index (κ1) is 5.70. The van der Waals surface area contributed by atoms with Crippen LogP contribution in [0.1, 0.15) is 6.42 Å². The Balaban J connectivity index is 2.63. The van der Waals surface area contributed by atoms with Gasteiger partial charge in [0.2, 0.25) is 0 Å². The summed E-state index contributed by atoms with van der Waals surface area (Å²) in [6.45, 7) is 0. The summed E-state index contributed by atoms with van der Waals surface area (Å²) in [6.07, 6.45) is 9.27. The molecule has 0 aromatic rings. The van der Waals surface area contributed by atoms with Gasteiger partial charge >= 0.3 is 0 Å². The topological polar surface area (TPSA) is 0 Å². The van der Waals surface area contributed by atoms with Gasteiger partial charge in [0.1, 0.15) is 0 Å². The SMILES string of the molecule is S=CC1=CC=CC[CH]1. The molecule has 1 aliphatic carbocycles. The van der Waals surface area contributed by atoms with E-state index in [1.165, 1.54) is 0 Å². The van der Waals surface area contributed by atoms with Crippen LogP contribution in [0.5, 0.6) is 0 Å². The predicted molar refractivity (Wildman–Crippen MR) is 39.8 cm³/mol. The Kier molecular flexibility index (Phi) is 1.98. The first-order valence-corrected chi connectivity index (χ1v) is 3.06. The largest absolute Gasteiger partial charge is 0.0884 e. The summed E-state index contributed by atoms with van der Waals surface area (Å²) in [4.78, 5) is 0. The monoisotopic (exact) mass is 123 g/mol. The lowest BCUT2D eigenvalue weighted by atomic mass is 10.1. The zero-order valence-corrected chi connectivity index (χ0v) is 5.32. The van der Waals surface area contributed by atoms with Crippen LogP contribution in [0.25, 0.3) is 0 Å². The predicted octanol–water partition coefficient (Wildman–Crippen LogP) is 2.08. The molecule has 0 spiro atoms. The molecule has 0 aromatic heterocycles. The quantitative estimate of drug-likeness (QED) is 0.481. The molecule has 0 nitrogen and oxygen atoms in total. The van der Waals surface area contributed by atoms with Gasteiger partial charge in [-0.1, -0.05) is 30.4 Å². The van der Waals surface area contributed by atoms with Crippen LogP contribution in [0.4, 0.5) is 0 Å². The van der Waals surface area contributed by atoms with Gasteiger partial charge in [0.05, 0.1) is 0 Å². The van der Waals surface area contributed by atoms with Crippen LogP contribution in [0.15, 0.2) is 23.8 Å². The van der Waals surface area contributed by atoms with Crippen molar-refractivity contribution in [3.05, 3.63) is 30.2 Å². The van der Waals surface area contributed by atoms with Gasteiger partial charge in [0.15, 0.2) is 0 Å². The number of allylic oxidation sites excluding steroid dienone is 4. The molecule has 0 bridgehead atoms. The fourth-order valence-corrected chi connectivity index (χ4v) is 0.792. The third-order valence-corrected chi connectivity index (χ3v) is 1.32. The van der Waals surface area contributed by atoms with Gasteiger partial charge in [-0.3, -0.25) is 0 Å². The fraction of sp³-hybridized carbons (Fsp3) is 0.143. The average Bonchev–Trinajstić information content (AvgIpc) is 1.90. The lowest BCUT2D eigenvalue weighted by Crippen LogP contribution is -1.86. The molecule has 0 heterocycles. The molecule has 0 fully saturated rings. The van der Waals surface area contributed by atoms with Crippen molar-refractivity contribution < 1.29 is 0 Å². The molecular formula is C7H7S. The zero-order valence-electron chi connectivity index (χ0n) is 4.50. The molecule has 41 valence electrons. The molecule has 0 unspecified atom stereocenters. The lowest BCUT2D eigenvalue weighted by molar-refractivity contribution is 1.24. The Bertz CT molecular complexity index is 142. The molecule has 0 saturated carbocycles. The highest BCUT2D eigenvalue weighted by Crippen LogP contribution is 2.07. The summed E-state index contributed by atoms with van der Waals surface area (Å²) >= 11 is 4.71.